The van der Waals surface area contributed by atoms with Crippen LogP contribution in [0.5, 0.6) is 0 Å². The number of rotatable bonds is 3. The van der Waals surface area contributed by atoms with Crippen LogP contribution in [-0.2, 0) is 5.41 Å². The maximum atomic E-state index is 11.3. The Morgan fingerprint density at radius 3 is 1.88 bits per heavy atom. The molecule has 4 aliphatic carbocycles. The van der Waals surface area contributed by atoms with Gasteiger partial charge in [0.2, 0.25) is 0 Å². The zero-order valence-corrected chi connectivity index (χ0v) is 18.5. The lowest BCUT2D eigenvalue weighted by atomic mass is 9.38. The third-order valence-corrected chi connectivity index (χ3v) is 8.65. The van der Waals surface area contributed by atoms with E-state index >= 15 is 0 Å². The molecule has 4 fully saturated rings. The molecule has 164 valence electrons. The predicted molar refractivity (Wildman–Crippen MR) is 122 cm³/mol. The highest BCUT2D eigenvalue weighted by atomic mass is 16.4. The van der Waals surface area contributed by atoms with E-state index in [0.29, 0.717) is 11.0 Å². The molecule has 0 radical (unpaired) electrons. The van der Waals surface area contributed by atoms with Gasteiger partial charge in [0.15, 0.2) is 0 Å². The average molecular weight is 429 g/mol. The number of carboxylic acid groups (broad SMARTS) is 2. The Morgan fingerprint density at radius 1 is 0.812 bits per heavy atom. The van der Waals surface area contributed by atoms with Crippen LogP contribution in [0.2, 0.25) is 0 Å². The third kappa shape index (κ3) is 3.23. The second kappa shape index (κ2) is 7.24. The monoisotopic (exact) mass is 428 g/mol. The summed E-state index contributed by atoms with van der Waals surface area (Å²) in [5.74, 6) is 6.24. The van der Waals surface area contributed by atoms with Gasteiger partial charge in [-0.05, 0) is 91.2 Å². The minimum Gasteiger partial charge on any atom is -0.478 e. The number of benzene rings is 2. The molecule has 0 saturated heterocycles. The molecule has 0 heterocycles. The molecule has 0 spiro atoms. The van der Waals surface area contributed by atoms with Gasteiger partial charge >= 0.3 is 11.9 Å². The van der Waals surface area contributed by atoms with Crippen molar-refractivity contribution in [1.82, 2.24) is 0 Å². The molecule has 2 unspecified atom stereocenters. The van der Waals surface area contributed by atoms with Crippen molar-refractivity contribution in [2.45, 2.75) is 51.4 Å². The fourth-order valence-electron chi connectivity index (χ4n) is 7.04. The first-order valence-electron chi connectivity index (χ1n) is 11.4. The second-order valence-electron chi connectivity index (χ2n) is 10.6. The van der Waals surface area contributed by atoms with E-state index < -0.39 is 11.9 Å². The molecular weight excluding hydrogens is 400 g/mol. The van der Waals surface area contributed by atoms with Gasteiger partial charge in [0.25, 0.3) is 0 Å². The SMILES string of the molecule is CC1(C)C2CC3CC(C2)CC1(c1ccc(C#Cc2cc(C(=O)O)cc(C(=O)O)c2)cc1)C3. The average Bonchev–Trinajstić information content (AvgIpc) is 2.76. The van der Waals surface area contributed by atoms with E-state index in [1.165, 1.54) is 49.8 Å². The molecule has 0 aromatic heterocycles. The number of hydrogen-bond acceptors (Lipinski definition) is 2. The van der Waals surface area contributed by atoms with Gasteiger partial charge in [-0.1, -0.05) is 37.8 Å². The van der Waals surface area contributed by atoms with Crippen LogP contribution in [0.25, 0.3) is 0 Å². The molecular formula is C28H28O4. The second-order valence-corrected chi connectivity index (χ2v) is 10.6. The van der Waals surface area contributed by atoms with Gasteiger partial charge < -0.3 is 10.2 Å². The van der Waals surface area contributed by atoms with Gasteiger partial charge in [-0.15, -0.1) is 0 Å². The first-order chi connectivity index (χ1) is 15.2. The van der Waals surface area contributed by atoms with Gasteiger partial charge in [-0.3, -0.25) is 0 Å². The van der Waals surface area contributed by atoms with Gasteiger partial charge in [-0.25, -0.2) is 9.59 Å². The highest BCUT2D eigenvalue weighted by molar-refractivity contribution is 5.94. The van der Waals surface area contributed by atoms with Crippen molar-refractivity contribution in [3.63, 3.8) is 0 Å². The number of hydrogen-bond donors (Lipinski definition) is 2. The zero-order chi connectivity index (χ0) is 22.7. The molecule has 0 aliphatic heterocycles. The molecule has 4 saturated carbocycles. The lowest BCUT2D eigenvalue weighted by molar-refractivity contribution is -0.113. The van der Waals surface area contributed by atoms with Crippen LogP contribution >= 0.6 is 0 Å². The molecule has 2 N–H and O–H groups in total. The van der Waals surface area contributed by atoms with E-state index in [4.69, 9.17) is 0 Å². The van der Waals surface area contributed by atoms with E-state index in [1.54, 1.807) is 0 Å². The molecule has 2 aromatic rings. The zero-order valence-electron chi connectivity index (χ0n) is 18.5. The fraction of sp³-hybridized carbons (Fsp3) is 0.429. The minimum absolute atomic E-state index is 0.0754. The maximum absolute atomic E-state index is 11.3. The summed E-state index contributed by atoms with van der Waals surface area (Å²) in [7, 11) is 0. The topological polar surface area (TPSA) is 74.6 Å². The smallest absolute Gasteiger partial charge is 0.335 e. The van der Waals surface area contributed by atoms with Gasteiger partial charge in [0, 0.05) is 16.5 Å². The summed E-state index contributed by atoms with van der Waals surface area (Å²) in [5, 5.41) is 18.5. The van der Waals surface area contributed by atoms with E-state index in [0.717, 1.165) is 29.4 Å². The largest absolute Gasteiger partial charge is 0.478 e. The summed E-state index contributed by atoms with van der Waals surface area (Å²) in [6.07, 6.45) is 6.77. The van der Waals surface area contributed by atoms with Crippen LogP contribution in [0.4, 0.5) is 0 Å². The number of carbonyl (C=O) groups is 2. The molecule has 0 amide bonds. The molecule has 2 aromatic carbocycles. The van der Waals surface area contributed by atoms with Crippen LogP contribution < -0.4 is 0 Å². The van der Waals surface area contributed by atoms with Crippen molar-refractivity contribution >= 4 is 11.9 Å². The van der Waals surface area contributed by atoms with Crippen LogP contribution in [0.3, 0.4) is 0 Å². The lowest BCUT2D eigenvalue weighted by Gasteiger charge is -2.66. The van der Waals surface area contributed by atoms with E-state index in [2.05, 4.69) is 50.0 Å². The molecule has 4 heteroatoms. The quantitative estimate of drug-likeness (QED) is 0.625. The molecule has 4 aliphatic rings. The predicted octanol–water partition coefficient (Wildman–Crippen LogP) is 5.59. The van der Waals surface area contributed by atoms with Crippen LogP contribution in [0.1, 0.15) is 83.4 Å². The standard InChI is InChI=1S/C28H28O4/c1-27(2)24-12-19-9-20(13-24)16-28(27,15-19)23-7-5-17(6-8-23)3-4-18-10-21(25(29)30)14-22(11-18)26(31)32/h5-8,10-11,14,19-20,24H,9,12-13,15-16H2,1-2H3,(H,29,30)(H,31,32). The Hall–Kier alpha value is -3.06. The van der Waals surface area contributed by atoms with Crippen LogP contribution in [0.15, 0.2) is 42.5 Å². The van der Waals surface area contributed by atoms with E-state index in [1.807, 2.05) is 0 Å². The van der Waals surface area contributed by atoms with E-state index in [-0.39, 0.29) is 16.5 Å². The van der Waals surface area contributed by atoms with Crippen molar-refractivity contribution < 1.29 is 19.8 Å². The number of aromatic carboxylic acids is 2. The van der Waals surface area contributed by atoms with Crippen molar-refractivity contribution in [3.05, 3.63) is 70.3 Å². The molecule has 2 atom stereocenters. The minimum atomic E-state index is -1.17. The summed E-state index contributed by atoms with van der Waals surface area (Å²) >= 11 is 0. The Bertz CT molecular complexity index is 1120. The van der Waals surface area contributed by atoms with Gasteiger partial charge in [0.05, 0.1) is 11.1 Å². The first-order valence-corrected chi connectivity index (χ1v) is 11.4. The highest BCUT2D eigenvalue weighted by Crippen LogP contribution is 2.68. The van der Waals surface area contributed by atoms with Gasteiger partial charge in [0.1, 0.15) is 0 Å². The van der Waals surface area contributed by atoms with Crippen molar-refractivity contribution in [2.75, 3.05) is 0 Å². The Balaban J connectivity index is 1.45. The number of carboxylic acids is 2. The van der Waals surface area contributed by atoms with Crippen LogP contribution in [0, 0.1) is 35.0 Å². The summed E-state index contributed by atoms with van der Waals surface area (Å²) in [6.45, 7) is 4.94. The summed E-state index contributed by atoms with van der Waals surface area (Å²) < 4.78 is 0. The maximum Gasteiger partial charge on any atom is 0.335 e. The summed E-state index contributed by atoms with van der Waals surface area (Å²) in [6, 6.07) is 12.5. The van der Waals surface area contributed by atoms with Crippen molar-refractivity contribution in [2.24, 2.45) is 23.2 Å². The summed E-state index contributed by atoms with van der Waals surface area (Å²) in [5.41, 5.74) is 3.05. The third-order valence-electron chi connectivity index (χ3n) is 8.65. The van der Waals surface area contributed by atoms with Crippen LogP contribution in [-0.4, -0.2) is 22.2 Å². The Kier molecular flexibility index (Phi) is 4.71. The Labute approximate surface area is 188 Å². The molecule has 4 bridgehead atoms. The highest BCUT2D eigenvalue weighted by Gasteiger charge is 2.61. The molecule has 4 nitrogen and oxygen atoms in total. The van der Waals surface area contributed by atoms with Crippen molar-refractivity contribution in [3.8, 4) is 11.8 Å². The first kappa shape index (κ1) is 20.8. The van der Waals surface area contributed by atoms with E-state index in [9.17, 15) is 19.8 Å². The lowest BCUT2D eigenvalue weighted by Crippen LogP contribution is -2.59. The fourth-order valence-corrected chi connectivity index (χ4v) is 7.04. The molecule has 6 rings (SSSR count). The summed E-state index contributed by atoms with van der Waals surface area (Å²) in [4.78, 5) is 22.6. The van der Waals surface area contributed by atoms with Gasteiger partial charge in [-0.2, -0.15) is 0 Å². The van der Waals surface area contributed by atoms with Crippen molar-refractivity contribution in [1.29, 1.82) is 0 Å². The normalized spacial score (nSPS) is 29.2. The Morgan fingerprint density at radius 2 is 1.34 bits per heavy atom. The molecule has 32 heavy (non-hydrogen) atoms.